The third-order valence-electron chi connectivity index (χ3n) is 2.82. The summed E-state index contributed by atoms with van der Waals surface area (Å²) in [6.07, 6.45) is 0. The van der Waals surface area contributed by atoms with Crippen molar-refractivity contribution in [3.63, 3.8) is 0 Å². The van der Waals surface area contributed by atoms with Crippen LogP contribution in [0.3, 0.4) is 0 Å². The van der Waals surface area contributed by atoms with Crippen molar-refractivity contribution in [2.45, 2.75) is 0 Å². The lowest BCUT2D eigenvalue weighted by atomic mass is 10.2. The molecule has 0 saturated heterocycles. The highest BCUT2D eigenvalue weighted by Crippen LogP contribution is 2.25. The molecular weight excluding hydrogens is 338 g/mol. The molecule has 0 bridgehead atoms. The molecule has 1 amide bonds. The van der Waals surface area contributed by atoms with Crippen LogP contribution < -0.4 is 10.4 Å². The Hall–Kier alpha value is -2.41. The van der Waals surface area contributed by atoms with E-state index in [-0.39, 0.29) is 11.3 Å². The van der Waals surface area contributed by atoms with Gasteiger partial charge in [-0.25, -0.2) is 0 Å². The Kier molecular flexibility index (Phi) is 4.54. The first-order chi connectivity index (χ1) is 9.99. The largest absolute Gasteiger partial charge is 0.288 e. The molecule has 0 spiro atoms. The number of benzene rings is 2. The highest BCUT2D eigenvalue weighted by atomic mass is 79.9. The van der Waals surface area contributed by atoms with Crippen molar-refractivity contribution in [1.29, 1.82) is 0 Å². The van der Waals surface area contributed by atoms with Crippen molar-refractivity contribution in [2.24, 2.45) is 0 Å². The Balaban J connectivity index is 2.17. The van der Waals surface area contributed by atoms with Crippen LogP contribution in [0.15, 0.2) is 53.0 Å². The summed E-state index contributed by atoms with van der Waals surface area (Å²) in [6, 6.07) is 13.5. The minimum Gasteiger partial charge on any atom is -0.288 e. The van der Waals surface area contributed by atoms with Crippen molar-refractivity contribution in [3.05, 3.63) is 68.7 Å². The van der Waals surface area contributed by atoms with Gasteiger partial charge in [-0.3, -0.25) is 25.3 Å². The number of nitrogens with zero attached hydrogens (tertiary/aromatic N) is 2. The van der Waals surface area contributed by atoms with Gasteiger partial charge in [0.05, 0.1) is 15.1 Å². The van der Waals surface area contributed by atoms with E-state index in [9.17, 15) is 14.9 Å². The minimum atomic E-state index is -0.540. The number of hydrazine groups is 1. The number of hydrogen-bond acceptors (Lipinski definition) is 4. The van der Waals surface area contributed by atoms with Gasteiger partial charge in [-0.15, -0.1) is 0 Å². The highest BCUT2D eigenvalue weighted by molar-refractivity contribution is 9.10. The molecule has 0 aliphatic heterocycles. The number of nitro benzene ring substituents is 1. The second kappa shape index (κ2) is 6.36. The van der Waals surface area contributed by atoms with E-state index in [1.165, 1.54) is 18.2 Å². The van der Waals surface area contributed by atoms with Crippen LogP contribution in [0, 0.1) is 10.1 Å². The summed E-state index contributed by atoms with van der Waals surface area (Å²) in [5.41, 5.74) is 3.53. The second-order valence-electron chi connectivity index (χ2n) is 4.26. The molecule has 2 rings (SSSR count). The first-order valence-electron chi connectivity index (χ1n) is 6.03. The maximum atomic E-state index is 12.1. The topological polar surface area (TPSA) is 75.5 Å². The van der Waals surface area contributed by atoms with Crippen LogP contribution in [-0.4, -0.2) is 17.9 Å². The molecule has 0 atom stereocenters. The average molecular weight is 350 g/mol. The molecule has 0 saturated carbocycles. The highest BCUT2D eigenvalue weighted by Gasteiger charge is 2.16. The quantitative estimate of drug-likeness (QED) is 0.679. The molecule has 108 valence electrons. The molecule has 0 fully saturated rings. The minimum absolute atomic E-state index is 0.148. The standard InChI is InChI=1S/C14H12BrN3O3/c1-17(11-5-3-2-4-6-11)16-14(19)10-7-8-12(15)13(9-10)18(20)21/h2-9H,1H3,(H,16,19). The molecular formula is C14H12BrN3O3. The number of hydrogen-bond donors (Lipinski definition) is 1. The fourth-order valence-corrected chi connectivity index (χ4v) is 2.12. The zero-order chi connectivity index (χ0) is 15.4. The lowest BCUT2D eigenvalue weighted by Crippen LogP contribution is -2.39. The Morgan fingerprint density at radius 2 is 1.90 bits per heavy atom. The van der Waals surface area contributed by atoms with E-state index in [0.29, 0.717) is 4.47 Å². The number of nitrogens with one attached hydrogen (secondary N) is 1. The summed E-state index contributed by atoms with van der Waals surface area (Å²) in [5.74, 6) is -0.419. The van der Waals surface area contributed by atoms with E-state index in [1.807, 2.05) is 30.3 Å². The normalized spacial score (nSPS) is 10.0. The van der Waals surface area contributed by atoms with E-state index in [1.54, 1.807) is 12.1 Å². The summed E-state index contributed by atoms with van der Waals surface area (Å²) < 4.78 is 0.334. The average Bonchev–Trinajstić information content (AvgIpc) is 2.48. The van der Waals surface area contributed by atoms with Crippen molar-refractivity contribution >= 4 is 33.2 Å². The van der Waals surface area contributed by atoms with E-state index in [4.69, 9.17) is 0 Å². The van der Waals surface area contributed by atoms with Gasteiger partial charge >= 0.3 is 0 Å². The molecule has 0 aliphatic carbocycles. The summed E-state index contributed by atoms with van der Waals surface area (Å²) in [6.45, 7) is 0. The third kappa shape index (κ3) is 3.57. The van der Waals surface area contributed by atoms with Gasteiger partial charge in [0.1, 0.15) is 0 Å². The number of nitro groups is 1. The van der Waals surface area contributed by atoms with Crippen molar-refractivity contribution in [3.8, 4) is 0 Å². The number of rotatable bonds is 4. The number of amides is 1. The molecule has 6 nitrogen and oxygen atoms in total. The molecule has 0 unspecified atom stereocenters. The first-order valence-corrected chi connectivity index (χ1v) is 6.82. The summed E-state index contributed by atoms with van der Waals surface area (Å²) in [5, 5.41) is 12.4. The van der Waals surface area contributed by atoms with E-state index >= 15 is 0 Å². The van der Waals surface area contributed by atoms with Gasteiger partial charge in [0, 0.05) is 18.7 Å². The van der Waals surface area contributed by atoms with Gasteiger partial charge < -0.3 is 0 Å². The van der Waals surface area contributed by atoms with Crippen LogP contribution in [0.25, 0.3) is 0 Å². The smallest absolute Gasteiger partial charge is 0.284 e. The lowest BCUT2D eigenvalue weighted by molar-refractivity contribution is -0.385. The number of anilines is 1. The van der Waals surface area contributed by atoms with Crippen molar-refractivity contribution < 1.29 is 9.72 Å². The van der Waals surface area contributed by atoms with Gasteiger partial charge in [-0.2, -0.15) is 0 Å². The van der Waals surface area contributed by atoms with Crippen LogP contribution >= 0.6 is 15.9 Å². The van der Waals surface area contributed by atoms with E-state index in [2.05, 4.69) is 21.4 Å². The number of para-hydroxylation sites is 1. The molecule has 1 N–H and O–H groups in total. The molecule has 0 radical (unpaired) electrons. The molecule has 7 heteroatoms. The number of carbonyl (C=O) groups excluding carboxylic acids is 1. The van der Waals surface area contributed by atoms with Crippen LogP contribution in [0.2, 0.25) is 0 Å². The monoisotopic (exact) mass is 349 g/mol. The Labute approximate surface area is 129 Å². The maximum Gasteiger partial charge on any atom is 0.284 e. The second-order valence-corrected chi connectivity index (χ2v) is 5.11. The zero-order valence-electron chi connectivity index (χ0n) is 11.1. The first kappa shape index (κ1) is 15.0. The number of carbonyl (C=O) groups is 1. The Morgan fingerprint density at radius 3 is 2.52 bits per heavy atom. The van der Waals surface area contributed by atoms with Crippen LogP contribution in [0.1, 0.15) is 10.4 Å². The molecule has 0 heterocycles. The van der Waals surface area contributed by atoms with Gasteiger partial charge in [-0.05, 0) is 40.2 Å². The molecule has 2 aromatic carbocycles. The van der Waals surface area contributed by atoms with Gasteiger partial charge in [0.25, 0.3) is 11.6 Å². The Morgan fingerprint density at radius 1 is 1.24 bits per heavy atom. The SMILES string of the molecule is CN(NC(=O)c1ccc(Br)c([N+](=O)[O-])c1)c1ccccc1. The van der Waals surface area contributed by atoms with E-state index < -0.39 is 10.8 Å². The fraction of sp³-hybridized carbons (Fsp3) is 0.0714. The van der Waals surface area contributed by atoms with Gasteiger partial charge in [0.15, 0.2) is 0 Å². The van der Waals surface area contributed by atoms with Crippen LogP contribution in [0.5, 0.6) is 0 Å². The van der Waals surface area contributed by atoms with Gasteiger partial charge in [0.2, 0.25) is 0 Å². The third-order valence-corrected chi connectivity index (χ3v) is 3.49. The predicted octanol–water partition coefficient (Wildman–Crippen LogP) is 3.14. The lowest BCUT2D eigenvalue weighted by Gasteiger charge is -2.20. The van der Waals surface area contributed by atoms with E-state index in [0.717, 1.165) is 5.69 Å². The summed E-state index contributed by atoms with van der Waals surface area (Å²) in [7, 11) is 1.69. The molecule has 0 aliphatic rings. The zero-order valence-corrected chi connectivity index (χ0v) is 12.7. The molecule has 0 aromatic heterocycles. The predicted molar refractivity (Wildman–Crippen MR) is 83.1 cm³/mol. The maximum absolute atomic E-state index is 12.1. The number of halogens is 1. The fourth-order valence-electron chi connectivity index (χ4n) is 1.73. The summed E-state index contributed by atoms with van der Waals surface area (Å²) in [4.78, 5) is 22.5. The Bertz CT molecular complexity index is 676. The van der Waals surface area contributed by atoms with Gasteiger partial charge in [-0.1, -0.05) is 18.2 Å². The molecule has 2 aromatic rings. The van der Waals surface area contributed by atoms with Crippen molar-refractivity contribution in [2.75, 3.05) is 12.1 Å². The van der Waals surface area contributed by atoms with Crippen molar-refractivity contribution in [1.82, 2.24) is 5.43 Å². The summed E-state index contributed by atoms with van der Waals surface area (Å²) >= 11 is 3.08. The van der Waals surface area contributed by atoms with Crippen LogP contribution in [0.4, 0.5) is 11.4 Å². The van der Waals surface area contributed by atoms with Crippen LogP contribution in [-0.2, 0) is 0 Å². The molecule has 21 heavy (non-hydrogen) atoms.